The van der Waals surface area contributed by atoms with Crippen LogP contribution in [0.1, 0.15) is 41.7 Å². The Morgan fingerprint density at radius 2 is 1.71 bits per heavy atom. The second-order valence-corrected chi connectivity index (χ2v) is 14.5. The van der Waals surface area contributed by atoms with Gasteiger partial charge in [-0.2, -0.15) is 0 Å². The van der Waals surface area contributed by atoms with Crippen molar-refractivity contribution < 1.29 is 33.8 Å². The number of hydrogen-bond donors (Lipinski definition) is 2. The number of allylic oxidation sites excluding steroid dienone is 1. The van der Waals surface area contributed by atoms with Crippen molar-refractivity contribution in [2.24, 2.45) is 11.8 Å². The minimum absolute atomic E-state index is 0.0186. The minimum Gasteiger partial charge on any atom is -0.455 e. The third kappa shape index (κ3) is 6.20. The van der Waals surface area contributed by atoms with Crippen molar-refractivity contribution in [1.82, 2.24) is 10.2 Å². The summed E-state index contributed by atoms with van der Waals surface area (Å²) in [6.07, 6.45) is 4.13. The lowest BCUT2D eigenvalue weighted by Gasteiger charge is -2.39. The molecule has 12 heteroatoms. The highest BCUT2D eigenvalue weighted by molar-refractivity contribution is 9.11. The lowest BCUT2D eigenvalue weighted by molar-refractivity contribution is -0.160. The van der Waals surface area contributed by atoms with Gasteiger partial charge in [0.1, 0.15) is 29.8 Å². The number of ether oxygens (including phenoxy) is 2. The maximum Gasteiger partial charge on any atom is 0.313 e. The molecule has 2 saturated heterocycles. The fraction of sp³-hybridized carbons (Fsp3) is 0.333. The van der Waals surface area contributed by atoms with Gasteiger partial charge in [0.05, 0.1) is 35.8 Å². The van der Waals surface area contributed by atoms with E-state index in [0.29, 0.717) is 32.7 Å². The number of aliphatic hydroxyl groups excluding tert-OH is 1. The highest BCUT2D eigenvalue weighted by Gasteiger charge is 2.75. The molecular formula is C39H37BrClN3O7. The van der Waals surface area contributed by atoms with Crippen molar-refractivity contribution in [3.05, 3.63) is 123 Å². The number of benzene rings is 3. The molecule has 10 nitrogen and oxygen atoms in total. The van der Waals surface area contributed by atoms with Gasteiger partial charge in [0, 0.05) is 17.4 Å². The molecule has 2 fully saturated rings. The fourth-order valence-corrected chi connectivity index (χ4v) is 8.96. The van der Waals surface area contributed by atoms with Crippen LogP contribution in [-0.2, 0) is 28.7 Å². The summed E-state index contributed by atoms with van der Waals surface area (Å²) in [4.78, 5) is 60.6. The van der Waals surface area contributed by atoms with Crippen molar-refractivity contribution >= 4 is 56.9 Å². The number of aliphatic hydroxyl groups is 1. The number of cyclic esters (lactones) is 1. The first-order valence-corrected chi connectivity index (χ1v) is 18.1. The quantitative estimate of drug-likeness (QED) is 0.265. The van der Waals surface area contributed by atoms with Gasteiger partial charge < -0.3 is 29.7 Å². The second kappa shape index (κ2) is 14.4. The summed E-state index contributed by atoms with van der Waals surface area (Å²) < 4.78 is 13.4. The lowest BCUT2D eigenvalue weighted by Crippen LogP contribution is -2.57. The van der Waals surface area contributed by atoms with Crippen LogP contribution in [0, 0.1) is 18.8 Å². The van der Waals surface area contributed by atoms with Crippen molar-refractivity contribution in [2.75, 3.05) is 24.6 Å². The average Bonchev–Trinajstić information content (AvgIpc) is 3.72. The van der Waals surface area contributed by atoms with E-state index in [4.69, 9.17) is 21.1 Å². The molecule has 0 unspecified atom stereocenters. The van der Waals surface area contributed by atoms with Gasteiger partial charge in [-0.05, 0) is 42.2 Å². The monoisotopic (exact) mass is 773 g/mol. The average molecular weight is 775 g/mol. The van der Waals surface area contributed by atoms with Crippen LogP contribution in [0.25, 0.3) is 0 Å². The van der Waals surface area contributed by atoms with Crippen LogP contribution in [0.15, 0.2) is 102 Å². The van der Waals surface area contributed by atoms with Gasteiger partial charge in [-0.1, -0.05) is 112 Å². The van der Waals surface area contributed by atoms with Crippen LogP contribution in [0.3, 0.4) is 0 Å². The molecule has 0 aromatic heterocycles. The van der Waals surface area contributed by atoms with E-state index in [2.05, 4.69) is 21.2 Å². The molecule has 3 amide bonds. The standard InChI is InChI=1S/C39H37BrClN3O7/c1-23-12-11-17-27(41)33(23)43-19-10-4-9-18-30(46)42-21-29(25-15-7-3-8-16-25)50-38(49)31-32-36(47)44(28(22-45)24-13-5-2-6-14-24)35(37(43)48)39(32)20-26(40)34(31)51-39/h2-8,10-17,20,28-29,31-32,34-35,45H,9,18-19,21-22H2,1H3,(H,42,46)/b10-4-/t28-,29+,31+,32-,34+,35+,39-/m1/s1. The number of halogens is 2. The predicted molar refractivity (Wildman–Crippen MR) is 194 cm³/mol. The highest BCUT2D eigenvalue weighted by atomic mass is 79.9. The SMILES string of the molecule is Cc1cccc(Cl)c1N1C/C=C\CCC(=O)NC[C@@H](c2ccccc2)OC(=O)[C@@H]2[C@H]3O[C@@]4(C=C3Br)[C@H](C1=O)N([C@H](CO)c1ccccc1)C(=O)[C@@H]24. The van der Waals surface area contributed by atoms with Gasteiger partial charge in [-0.25, -0.2) is 0 Å². The Labute approximate surface area is 309 Å². The number of fused-ring (bicyclic) bond motifs is 2. The van der Waals surface area contributed by atoms with Gasteiger partial charge in [-0.3, -0.25) is 19.2 Å². The number of likely N-dealkylation sites (tertiary alicyclic amines) is 1. The number of nitrogens with one attached hydrogen (secondary N) is 1. The molecule has 5 bridgehead atoms. The van der Waals surface area contributed by atoms with Crippen LogP contribution in [0.5, 0.6) is 0 Å². The molecule has 1 spiro atoms. The molecule has 0 saturated carbocycles. The molecule has 4 heterocycles. The van der Waals surface area contributed by atoms with Crippen molar-refractivity contribution in [3.8, 4) is 0 Å². The Morgan fingerprint density at radius 1 is 0.980 bits per heavy atom. The number of hydrogen-bond acceptors (Lipinski definition) is 7. The fourth-order valence-electron chi connectivity index (χ4n) is 7.90. The summed E-state index contributed by atoms with van der Waals surface area (Å²) in [5.41, 5.74) is 0.865. The van der Waals surface area contributed by atoms with Crippen molar-refractivity contribution in [3.63, 3.8) is 0 Å². The molecule has 0 radical (unpaired) electrons. The lowest BCUT2D eigenvalue weighted by atomic mass is 9.74. The number of carbonyl (C=O) groups is 4. The topological polar surface area (TPSA) is 125 Å². The molecule has 4 aliphatic rings. The third-order valence-electron chi connectivity index (χ3n) is 10.2. The van der Waals surface area contributed by atoms with Crippen LogP contribution in [0.4, 0.5) is 5.69 Å². The number of aryl methyl sites for hydroxylation is 1. The molecule has 7 rings (SSSR count). The van der Waals surface area contributed by atoms with Gasteiger partial charge in [0.15, 0.2) is 0 Å². The van der Waals surface area contributed by atoms with Gasteiger partial charge in [-0.15, -0.1) is 0 Å². The zero-order chi connectivity index (χ0) is 35.9. The van der Waals surface area contributed by atoms with Crippen molar-refractivity contribution in [1.29, 1.82) is 0 Å². The Bertz CT molecular complexity index is 1890. The smallest absolute Gasteiger partial charge is 0.313 e. The Hall–Kier alpha value is -4.29. The van der Waals surface area contributed by atoms with Crippen LogP contribution < -0.4 is 10.2 Å². The number of para-hydroxylation sites is 1. The summed E-state index contributed by atoms with van der Waals surface area (Å²) in [5.74, 6) is -4.25. The van der Waals surface area contributed by atoms with Crippen LogP contribution in [-0.4, -0.2) is 71.1 Å². The predicted octanol–water partition coefficient (Wildman–Crippen LogP) is 5.34. The van der Waals surface area contributed by atoms with E-state index in [0.717, 1.165) is 5.56 Å². The minimum atomic E-state index is -1.59. The number of anilines is 1. The molecule has 264 valence electrons. The van der Waals surface area contributed by atoms with E-state index in [1.54, 1.807) is 60.7 Å². The maximum atomic E-state index is 15.4. The van der Waals surface area contributed by atoms with E-state index in [9.17, 15) is 19.5 Å². The second-order valence-electron chi connectivity index (χ2n) is 13.2. The first-order chi connectivity index (χ1) is 24.7. The van der Waals surface area contributed by atoms with Gasteiger partial charge in [0.2, 0.25) is 11.8 Å². The number of carbonyl (C=O) groups excluding carboxylic acids is 4. The zero-order valence-electron chi connectivity index (χ0n) is 27.8. The van der Waals surface area contributed by atoms with Crippen molar-refractivity contribution in [2.45, 2.75) is 49.7 Å². The van der Waals surface area contributed by atoms with E-state index in [-0.39, 0.29) is 25.4 Å². The van der Waals surface area contributed by atoms with Gasteiger partial charge >= 0.3 is 5.97 Å². The number of rotatable bonds is 5. The van der Waals surface area contributed by atoms with E-state index >= 15 is 4.79 Å². The molecule has 3 aromatic rings. The number of nitrogens with zero attached hydrogens (tertiary/aromatic N) is 2. The number of esters is 1. The van der Waals surface area contributed by atoms with Crippen LogP contribution in [0.2, 0.25) is 5.02 Å². The highest BCUT2D eigenvalue weighted by Crippen LogP contribution is 2.60. The first-order valence-electron chi connectivity index (χ1n) is 16.9. The Kier molecular flexibility index (Phi) is 9.91. The summed E-state index contributed by atoms with van der Waals surface area (Å²) in [7, 11) is 0. The van der Waals surface area contributed by atoms with E-state index < -0.39 is 66.1 Å². The Balaban J connectivity index is 1.40. The van der Waals surface area contributed by atoms with E-state index in [1.165, 1.54) is 9.80 Å². The molecule has 2 N–H and O–H groups in total. The largest absolute Gasteiger partial charge is 0.455 e. The van der Waals surface area contributed by atoms with E-state index in [1.807, 2.05) is 43.3 Å². The normalized spacial score (nSPS) is 29.3. The molecule has 51 heavy (non-hydrogen) atoms. The Morgan fingerprint density at radius 3 is 2.41 bits per heavy atom. The summed E-state index contributed by atoms with van der Waals surface area (Å²) in [5, 5.41) is 14.1. The molecule has 0 aliphatic carbocycles. The first kappa shape index (κ1) is 35.1. The zero-order valence-corrected chi connectivity index (χ0v) is 30.1. The van der Waals surface area contributed by atoms with Gasteiger partial charge in [0.25, 0.3) is 5.91 Å². The molecule has 3 aromatic carbocycles. The third-order valence-corrected chi connectivity index (χ3v) is 11.2. The van der Waals surface area contributed by atoms with Crippen LogP contribution >= 0.6 is 27.5 Å². The number of amides is 3. The summed E-state index contributed by atoms with van der Waals surface area (Å²) in [6, 6.07) is 21.1. The summed E-state index contributed by atoms with van der Waals surface area (Å²) in [6.45, 7) is 1.43. The molecule has 4 aliphatic heterocycles. The maximum absolute atomic E-state index is 15.4. The molecule has 7 atom stereocenters. The molecular weight excluding hydrogens is 738 g/mol. The summed E-state index contributed by atoms with van der Waals surface area (Å²) >= 11 is 10.4.